The minimum Gasteiger partial charge on any atom is -0.0625 e. The second-order valence-electron chi connectivity index (χ2n) is 4.95. The van der Waals surface area contributed by atoms with Crippen molar-refractivity contribution in [3.05, 3.63) is 0 Å². The number of hydrogen-bond acceptors (Lipinski definition) is 0. The van der Waals surface area contributed by atoms with Crippen molar-refractivity contribution in [2.24, 2.45) is 23.2 Å². The predicted octanol–water partition coefficient (Wildman–Crippen LogP) is 3.08. The molecule has 2 aliphatic carbocycles. The fraction of sp³-hybridized carbons (Fsp3) is 1.00. The first-order valence-electron chi connectivity index (χ1n) is 4.62. The summed E-state index contributed by atoms with van der Waals surface area (Å²) in [5.41, 5.74) is 0.727. The fourth-order valence-electron chi connectivity index (χ4n) is 2.91. The van der Waals surface area contributed by atoms with E-state index in [0.717, 1.165) is 23.2 Å². The summed E-state index contributed by atoms with van der Waals surface area (Å²) >= 11 is 0. The van der Waals surface area contributed by atoms with Gasteiger partial charge in [-0.15, -0.1) is 0 Å². The fourth-order valence-corrected chi connectivity index (χ4v) is 2.91. The molecule has 0 unspecified atom stereocenters. The van der Waals surface area contributed by atoms with Crippen LogP contribution in [0.5, 0.6) is 0 Å². The third kappa shape index (κ3) is 0.741. The van der Waals surface area contributed by atoms with Crippen LogP contribution >= 0.6 is 0 Å². The van der Waals surface area contributed by atoms with E-state index in [2.05, 4.69) is 20.8 Å². The van der Waals surface area contributed by atoms with Gasteiger partial charge in [-0.05, 0) is 36.0 Å². The van der Waals surface area contributed by atoms with Crippen LogP contribution in [0.1, 0.15) is 40.0 Å². The van der Waals surface area contributed by atoms with E-state index in [-0.39, 0.29) is 0 Å². The maximum atomic E-state index is 2.44. The Labute approximate surface area is 64.0 Å². The van der Waals surface area contributed by atoms with Crippen molar-refractivity contribution in [2.45, 2.75) is 40.0 Å². The second kappa shape index (κ2) is 1.78. The highest BCUT2D eigenvalue weighted by molar-refractivity contribution is 5.07. The molecular formula is C10H18. The first-order valence-corrected chi connectivity index (χ1v) is 4.62. The van der Waals surface area contributed by atoms with Gasteiger partial charge in [0.15, 0.2) is 0 Å². The van der Waals surface area contributed by atoms with E-state index in [1.165, 1.54) is 19.3 Å². The quantitative estimate of drug-likeness (QED) is 0.482. The molecule has 10 heavy (non-hydrogen) atoms. The lowest BCUT2D eigenvalue weighted by Gasteiger charge is -2.15. The van der Waals surface area contributed by atoms with Gasteiger partial charge in [-0.3, -0.25) is 0 Å². The van der Waals surface area contributed by atoms with Gasteiger partial charge in [0.2, 0.25) is 0 Å². The molecule has 2 saturated carbocycles. The molecule has 58 valence electrons. The van der Waals surface area contributed by atoms with Crippen molar-refractivity contribution < 1.29 is 0 Å². The maximum Gasteiger partial charge on any atom is -0.0292 e. The van der Waals surface area contributed by atoms with Gasteiger partial charge in [0, 0.05) is 0 Å². The Morgan fingerprint density at radius 3 is 2.30 bits per heavy atom. The van der Waals surface area contributed by atoms with E-state index in [1.54, 1.807) is 0 Å². The summed E-state index contributed by atoms with van der Waals surface area (Å²) in [7, 11) is 0. The van der Waals surface area contributed by atoms with Gasteiger partial charge >= 0.3 is 0 Å². The molecule has 0 bridgehead atoms. The summed E-state index contributed by atoms with van der Waals surface area (Å²) in [5, 5.41) is 0. The van der Waals surface area contributed by atoms with Crippen LogP contribution in [0.15, 0.2) is 0 Å². The lowest BCUT2D eigenvalue weighted by molar-refractivity contribution is 0.367. The average molecular weight is 138 g/mol. The maximum absolute atomic E-state index is 2.44. The van der Waals surface area contributed by atoms with Crippen LogP contribution in [-0.2, 0) is 0 Å². The Morgan fingerprint density at radius 2 is 1.80 bits per heavy atom. The third-order valence-electron chi connectivity index (χ3n) is 3.91. The molecule has 3 atom stereocenters. The van der Waals surface area contributed by atoms with Crippen molar-refractivity contribution in [2.75, 3.05) is 0 Å². The average Bonchev–Trinajstić information content (AvgIpc) is 2.36. The van der Waals surface area contributed by atoms with Crippen LogP contribution in [0.2, 0.25) is 0 Å². The van der Waals surface area contributed by atoms with E-state index in [1.807, 2.05) is 0 Å². The van der Waals surface area contributed by atoms with Crippen LogP contribution in [0.4, 0.5) is 0 Å². The summed E-state index contributed by atoms with van der Waals surface area (Å²) in [6.45, 7) is 7.30. The molecule has 0 N–H and O–H groups in total. The molecule has 0 aromatic carbocycles. The predicted molar refractivity (Wildman–Crippen MR) is 43.8 cm³/mol. The van der Waals surface area contributed by atoms with E-state index < -0.39 is 0 Å². The summed E-state index contributed by atoms with van der Waals surface area (Å²) < 4.78 is 0. The zero-order valence-electron chi connectivity index (χ0n) is 7.35. The molecule has 2 aliphatic rings. The van der Waals surface area contributed by atoms with Crippen LogP contribution in [-0.4, -0.2) is 0 Å². The Morgan fingerprint density at radius 1 is 1.10 bits per heavy atom. The molecular weight excluding hydrogens is 120 g/mol. The van der Waals surface area contributed by atoms with Crippen LogP contribution in [0.25, 0.3) is 0 Å². The summed E-state index contributed by atoms with van der Waals surface area (Å²) in [4.78, 5) is 0. The largest absolute Gasteiger partial charge is 0.0625 e. The van der Waals surface area contributed by atoms with Gasteiger partial charge in [-0.25, -0.2) is 0 Å². The van der Waals surface area contributed by atoms with Gasteiger partial charge in [-0.2, -0.15) is 0 Å². The number of hydrogen-bond donors (Lipinski definition) is 0. The molecule has 0 heterocycles. The topological polar surface area (TPSA) is 0 Å². The monoisotopic (exact) mass is 138 g/mol. The van der Waals surface area contributed by atoms with Crippen molar-refractivity contribution in [1.82, 2.24) is 0 Å². The van der Waals surface area contributed by atoms with Crippen LogP contribution in [0.3, 0.4) is 0 Å². The van der Waals surface area contributed by atoms with Crippen LogP contribution in [0, 0.1) is 23.2 Å². The molecule has 0 nitrogen and oxygen atoms in total. The molecule has 0 amide bonds. The van der Waals surface area contributed by atoms with Gasteiger partial charge in [-0.1, -0.05) is 27.2 Å². The lowest BCUT2D eigenvalue weighted by atomic mass is 9.91. The minimum absolute atomic E-state index is 0.727. The van der Waals surface area contributed by atoms with Gasteiger partial charge in [0.05, 0.1) is 0 Å². The smallest absolute Gasteiger partial charge is 0.0292 e. The molecule has 0 aromatic heterocycles. The van der Waals surface area contributed by atoms with Gasteiger partial charge < -0.3 is 0 Å². The molecule has 2 fully saturated rings. The molecule has 0 aromatic rings. The summed E-state index contributed by atoms with van der Waals surface area (Å²) in [6.07, 6.45) is 4.51. The lowest BCUT2D eigenvalue weighted by Crippen LogP contribution is -2.03. The van der Waals surface area contributed by atoms with E-state index in [9.17, 15) is 0 Å². The standard InChI is InChI=1S/C10H18/c1-7-4-5-8-9(6-7)10(8,2)3/h7-9H,4-6H2,1-3H3/t7-,8+,9-/m0/s1. The van der Waals surface area contributed by atoms with Crippen molar-refractivity contribution >= 4 is 0 Å². The Kier molecular flexibility index (Phi) is 1.19. The Hall–Kier alpha value is 0. The number of rotatable bonds is 0. The van der Waals surface area contributed by atoms with Crippen molar-refractivity contribution in [3.63, 3.8) is 0 Å². The van der Waals surface area contributed by atoms with E-state index in [0.29, 0.717) is 0 Å². The van der Waals surface area contributed by atoms with Crippen molar-refractivity contribution in [3.8, 4) is 0 Å². The summed E-state index contributed by atoms with van der Waals surface area (Å²) in [6, 6.07) is 0. The zero-order valence-corrected chi connectivity index (χ0v) is 7.35. The first kappa shape index (κ1) is 6.69. The van der Waals surface area contributed by atoms with Crippen molar-refractivity contribution in [1.29, 1.82) is 0 Å². The molecule has 0 radical (unpaired) electrons. The Balaban J connectivity index is 2.04. The van der Waals surface area contributed by atoms with E-state index in [4.69, 9.17) is 0 Å². The van der Waals surface area contributed by atoms with Gasteiger partial charge in [0.1, 0.15) is 0 Å². The second-order valence-corrected chi connectivity index (χ2v) is 4.95. The zero-order chi connectivity index (χ0) is 7.35. The third-order valence-corrected chi connectivity index (χ3v) is 3.91. The molecule has 0 heteroatoms. The minimum atomic E-state index is 0.727. The first-order chi connectivity index (χ1) is 4.62. The highest BCUT2D eigenvalue weighted by Crippen LogP contribution is 2.65. The normalized spacial score (nSPS) is 50.1. The number of fused-ring (bicyclic) bond motifs is 1. The molecule has 0 aliphatic heterocycles. The summed E-state index contributed by atoms with van der Waals surface area (Å²) in [5.74, 6) is 3.21. The molecule has 0 spiro atoms. The van der Waals surface area contributed by atoms with Gasteiger partial charge in [0.25, 0.3) is 0 Å². The SMILES string of the molecule is C[C@H]1CC[C@@H]2[C@H](C1)C2(C)C. The molecule has 2 rings (SSSR count). The highest BCUT2D eigenvalue weighted by Gasteiger charge is 2.58. The van der Waals surface area contributed by atoms with Crippen LogP contribution < -0.4 is 0 Å². The van der Waals surface area contributed by atoms with E-state index >= 15 is 0 Å². The Bertz CT molecular complexity index is 146. The highest BCUT2D eigenvalue weighted by atomic mass is 14.6. The molecule has 0 saturated heterocycles.